The maximum atomic E-state index is 10.6. The van der Waals surface area contributed by atoms with Gasteiger partial charge in [-0.3, -0.25) is 10.1 Å². The predicted octanol–water partition coefficient (Wildman–Crippen LogP) is 2.13. The molecule has 1 atom stereocenters. The molecular formula is C10H12BrN3O2. The molecule has 0 radical (unpaired) electrons. The topological polar surface area (TPSA) is 67.2 Å². The first-order chi connectivity index (χ1) is 7.66. The number of nitro benzene ring substituents is 1. The molecule has 1 saturated heterocycles. The van der Waals surface area contributed by atoms with Gasteiger partial charge >= 0.3 is 0 Å². The molecule has 86 valence electrons. The van der Waals surface area contributed by atoms with Gasteiger partial charge in [-0.25, -0.2) is 0 Å². The Morgan fingerprint density at radius 1 is 1.56 bits per heavy atom. The van der Waals surface area contributed by atoms with Crippen molar-refractivity contribution in [2.24, 2.45) is 0 Å². The standard InChI is InChI=1S/C10H12BrN3O2/c11-9-5-8(14(15)16)1-2-10(9)13-7-3-4-12-6-7/h1-2,5,7,12-13H,3-4,6H2. The Morgan fingerprint density at radius 2 is 2.38 bits per heavy atom. The lowest BCUT2D eigenvalue weighted by Gasteiger charge is -2.13. The van der Waals surface area contributed by atoms with Gasteiger partial charge < -0.3 is 10.6 Å². The summed E-state index contributed by atoms with van der Waals surface area (Å²) in [6, 6.07) is 5.17. The fourth-order valence-electron chi connectivity index (χ4n) is 1.73. The third-order valence-corrected chi connectivity index (χ3v) is 3.24. The SMILES string of the molecule is O=[N+]([O-])c1ccc(NC2CCNC2)c(Br)c1. The second-order valence-corrected chi connectivity index (χ2v) is 4.61. The van der Waals surface area contributed by atoms with Gasteiger partial charge in [-0.05, 0) is 35.0 Å². The van der Waals surface area contributed by atoms with E-state index in [4.69, 9.17) is 0 Å². The second-order valence-electron chi connectivity index (χ2n) is 3.76. The van der Waals surface area contributed by atoms with Crippen molar-refractivity contribution in [3.05, 3.63) is 32.8 Å². The van der Waals surface area contributed by atoms with Gasteiger partial charge in [0.15, 0.2) is 0 Å². The average Bonchev–Trinajstić information content (AvgIpc) is 2.73. The highest BCUT2D eigenvalue weighted by atomic mass is 79.9. The number of benzene rings is 1. The molecule has 1 aliphatic rings. The van der Waals surface area contributed by atoms with Crippen molar-refractivity contribution in [2.75, 3.05) is 18.4 Å². The molecule has 1 heterocycles. The number of nitro groups is 1. The minimum Gasteiger partial charge on any atom is -0.380 e. The van der Waals surface area contributed by atoms with Crippen LogP contribution in [0.25, 0.3) is 0 Å². The molecule has 1 aliphatic heterocycles. The zero-order valence-corrected chi connectivity index (χ0v) is 10.2. The minimum absolute atomic E-state index is 0.0990. The summed E-state index contributed by atoms with van der Waals surface area (Å²) in [7, 11) is 0. The van der Waals surface area contributed by atoms with Crippen LogP contribution in [0.5, 0.6) is 0 Å². The summed E-state index contributed by atoms with van der Waals surface area (Å²) in [5.41, 5.74) is 1.00. The monoisotopic (exact) mass is 285 g/mol. The van der Waals surface area contributed by atoms with E-state index < -0.39 is 4.92 Å². The third kappa shape index (κ3) is 2.51. The number of nitrogens with zero attached hydrogens (tertiary/aromatic N) is 1. The van der Waals surface area contributed by atoms with Crippen LogP contribution in [-0.4, -0.2) is 24.1 Å². The number of hydrogen-bond donors (Lipinski definition) is 2. The molecule has 0 aromatic heterocycles. The molecule has 0 saturated carbocycles. The first kappa shape index (κ1) is 11.3. The van der Waals surface area contributed by atoms with Crippen molar-refractivity contribution in [1.82, 2.24) is 5.32 Å². The molecule has 1 aromatic carbocycles. The van der Waals surface area contributed by atoms with Gasteiger partial charge in [0.05, 0.1) is 4.92 Å². The van der Waals surface area contributed by atoms with Crippen molar-refractivity contribution >= 4 is 27.3 Å². The maximum Gasteiger partial charge on any atom is 0.270 e. The zero-order valence-electron chi connectivity index (χ0n) is 8.57. The van der Waals surface area contributed by atoms with E-state index in [-0.39, 0.29) is 5.69 Å². The van der Waals surface area contributed by atoms with E-state index in [9.17, 15) is 10.1 Å². The molecule has 6 heteroatoms. The van der Waals surface area contributed by atoms with Crippen molar-refractivity contribution in [1.29, 1.82) is 0 Å². The molecule has 0 bridgehead atoms. The number of halogens is 1. The average molecular weight is 286 g/mol. The van der Waals surface area contributed by atoms with Crippen molar-refractivity contribution in [3.8, 4) is 0 Å². The van der Waals surface area contributed by atoms with Crippen LogP contribution in [-0.2, 0) is 0 Å². The van der Waals surface area contributed by atoms with Crippen LogP contribution in [0.4, 0.5) is 11.4 Å². The zero-order chi connectivity index (χ0) is 11.5. The molecule has 0 aliphatic carbocycles. The molecule has 2 rings (SSSR count). The van der Waals surface area contributed by atoms with Gasteiger partial charge in [0.2, 0.25) is 0 Å². The van der Waals surface area contributed by atoms with Gasteiger partial charge in [0, 0.05) is 34.9 Å². The Kier molecular flexibility index (Phi) is 3.40. The lowest BCUT2D eigenvalue weighted by Crippen LogP contribution is -2.22. The number of rotatable bonds is 3. The molecule has 1 aromatic rings. The second kappa shape index (κ2) is 4.80. The van der Waals surface area contributed by atoms with E-state index in [1.54, 1.807) is 6.07 Å². The minimum atomic E-state index is -0.397. The first-order valence-corrected chi connectivity index (χ1v) is 5.87. The molecule has 16 heavy (non-hydrogen) atoms. The first-order valence-electron chi connectivity index (χ1n) is 5.08. The molecule has 1 fully saturated rings. The Hall–Kier alpha value is -1.14. The van der Waals surface area contributed by atoms with E-state index in [2.05, 4.69) is 26.6 Å². The maximum absolute atomic E-state index is 10.6. The van der Waals surface area contributed by atoms with Crippen molar-refractivity contribution in [2.45, 2.75) is 12.5 Å². The summed E-state index contributed by atoms with van der Waals surface area (Å²) in [6.45, 7) is 1.95. The summed E-state index contributed by atoms with van der Waals surface area (Å²) in [6.07, 6.45) is 1.07. The molecular weight excluding hydrogens is 274 g/mol. The number of nitrogens with one attached hydrogen (secondary N) is 2. The molecule has 0 amide bonds. The van der Waals surface area contributed by atoms with E-state index in [0.717, 1.165) is 29.7 Å². The van der Waals surface area contributed by atoms with Gasteiger partial charge in [-0.15, -0.1) is 0 Å². The van der Waals surface area contributed by atoms with Crippen LogP contribution < -0.4 is 10.6 Å². The Bertz CT molecular complexity index is 405. The molecule has 0 spiro atoms. The van der Waals surface area contributed by atoms with Crippen LogP contribution in [0.1, 0.15) is 6.42 Å². The summed E-state index contributed by atoms with van der Waals surface area (Å²) >= 11 is 3.34. The van der Waals surface area contributed by atoms with Crippen LogP contribution in [0.15, 0.2) is 22.7 Å². The van der Waals surface area contributed by atoms with Crippen LogP contribution >= 0.6 is 15.9 Å². The highest BCUT2D eigenvalue weighted by Crippen LogP contribution is 2.28. The number of anilines is 1. The van der Waals surface area contributed by atoms with E-state index in [0.29, 0.717) is 6.04 Å². The fourth-order valence-corrected chi connectivity index (χ4v) is 2.21. The summed E-state index contributed by atoms with van der Waals surface area (Å²) in [5, 5.41) is 17.2. The lowest BCUT2D eigenvalue weighted by atomic mass is 10.2. The van der Waals surface area contributed by atoms with Crippen LogP contribution in [0.3, 0.4) is 0 Å². The van der Waals surface area contributed by atoms with E-state index in [1.807, 2.05) is 0 Å². The highest BCUT2D eigenvalue weighted by molar-refractivity contribution is 9.10. The van der Waals surface area contributed by atoms with Gasteiger partial charge in [-0.1, -0.05) is 0 Å². The summed E-state index contributed by atoms with van der Waals surface area (Å²) < 4.78 is 0.730. The largest absolute Gasteiger partial charge is 0.380 e. The van der Waals surface area contributed by atoms with E-state index in [1.165, 1.54) is 12.1 Å². The predicted molar refractivity (Wildman–Crippen MR) is 65.7 cm³/mol. The fraction of sp³-hybridized carbons (Fsp3) is 0.400. The summed E-state index contributed by atoms with van der Waals surface area (Å²) in [5.74, 6) is 0. The highest BCUT2D eigenvalue weighted by Gasteiger charge is 2.16. The smallest absolute Gasteiger partial charge is 0.270 e. The van der Waals surface area contributed by atoms with Crippen LogP contribution in [0.2, 0.25) is 0 Å². The van der Waals surface area contributed by atoms with Crippen molar-refractivity contribution < 1.29 is 4.92 Å². The molecule has 2 N–H and O–H groups in total. The van der Waals surface area contributed by atoms with Gasteiger partial charge in [0.1, 0.15) is 0 Å². The quantitative estimate of drug-likeness (QED) is 0.660. The third-order valence-electron chi connectivity index (χ3n) is 2.58. The molecule has 5 nitrogen and oxygen atoms in total. The van der Waals surface area contributed by atoms with Crippen molar-refractivity contribution in [3.63, 3.8) is 0 Å². The van der Waals surface area contributed by atoms with Gasteiger partial charge in [0.25, 0.3) is 5.69 Å². The van der Waals surface area contributed by atoms with Crippen LogP contribution in [0, 0.1) is 10.1 Å². The summed E-state index contributed by atoms with van der Waals surface area (Å²) in [4.78, 5) is 10.2. The molecule has 1 unspecified atom stereocenters. The van der Waals surface area contributed by atoms with Gasteiger partial charge in [-0.2, -0.15) is 0 Å². The number of hydrogen-bond acceptors (Lipinski definition) is 4. The van der Waals surface area contributed by atoms with E-state index >= 15 is 0 Å². The Balaban J connectivity index is 2.12. The Labute approximate surface area is 102 Å². The lowest BCUT2D eigenvalue weighted by molar-refractivity contribution is -0.384. The number of non-ortho nitro benzene ring substituents is 1. The Morgan fingerprint density at radius 3 is 2.94 bits per heavy atom. The normalized spacial score (nSPS) is 19.7.